The van der Waals surface area contributed by atoms with Crippen LogP contribution in [0, 0.1) is 0 Å². The SMILES string of the molecule is COc1ncccc1-c1cc2c(nc1-c1ccccc1)nc(C(=O)NCCN(C)C)n2C. The molecule has 0 unspecified atom stereocenters. The average Bonchev–Trinajstić information content (AvgIpc) is 3.14. The number of likely N-dealkylation sites (N-methyl/N-ethyl adjacent to an activating group) is 1. The highest BCUT2D eigenvalue weighted by Crippen LogP contribution is 2.37. The van der Waals surface area contributed by atoms with Gasteiger partial charge in [0.1, 0.15) is 0 Å². The number of carbonyl (C=O) groups excluding carboxylic acids is 1. The highest BCUT2D eigenvalue weighted by atomic mass is 16.5. The second-order valence-corrected chi connectivity index (χ2v) is 7.71. The molecule has 1 amide bonds. The number of ether oxygens (including phenoxy) is 1. The first kappa shape index (κ1) is 21.5. The van der Waals surface area contributed by atoms with E-state index in [1.54, 1.807) is 17.9 Å². The van der Waals surface area contributed by atoms with E-state index in [-0.39, 0.29) is 5.91 Å². The summed E-state index contributed by atoms with van der Waals surface area (Å²) in [6.07, 6.45) is 1.69. The van der Waals surface area contributed by atoms with E-state index in [2.05, 4.69) is 15.3 Å². The molecule has 0 bridgehead atoms. The lowest BCUT2D eigenvalue weighted by atomic mass is 10.00. The minimum Gasteiger partial charge on any atom is -0.481 e. The van der Waals surface area contributed by atoms with Crippen LogP contribution in [-0.4, -0.2) is 64.6 Å². The molecule has 8 nitrogen and oxygen atoms in total. The highest BCUT2D eigenvalue weighted by molar-refractivity contribution is 5.96. The summed E-state index contributed by atoms with van der Waals surface area (Å²) >= 11 is 0. The molecule has 8 heteroatoms. The van der Waals surface area contributed by atoms with E-state index in [1.807, 2.05) is 74.6 Å². The van der Waals surface area contributed by atoms with Gasteiger partial charge in [-0.1, -0.05) is 30.3 Å². The van der Waals surface area contributed by atoms with E-state index < -0.39 is 0 Å². The van der Waals surface area contributed by atoms with Crippen molar-refractivity contribution in [3.8, 4) is 28.3 Å². The van der Waals surface area contributed by atoms with Gasteiger partial charge in [0.2, 0.25) is 11.7 Å². The lowest BCUT2D eigenvalue weighted by Crippen LogP contribution is -2.32. The van der Waals surface area contributed by atoms with Gasteiger partial charge in [-0.15, -0.1) is 0 Å². The molecule has 0 aliphatic carbocycles. The molecule has 4 aromatic rings. The standard InChI is InChI=1S/C24H26N6O2/c1-29(2)14-13-25-23(31)22-28-21-19(30(22)3)15-18(17-11-8-12-26-24(17)32-4)20(27-21)16-9-6-5-7-10-16/h5-12,15H,13-14H2,1-4H3,(H,25,31). The van der Waals surface area contributed by atoms with Gasteiger partial charge in [0, 0.05) is 43.0 Å². The van der Waals surface area contributed by atoms with E-state index >= 15 is 0 Å². The van der Waals surface area contributed by atoms with Crippen LogP contribution in [-0.2, 0) is 7.05 Å². The first-order valence-corrected chi connectivity index (χ1v) is 10.3. The molecule has 3 aromatic heterocycles. The van der Waals surface area contributed by atoms with Crippen molar-refractivity contribution < 1.29 is 9.53 Å². The number of hydrogen-bond donors (Lipinski definition) is 1. The van der Waals surface area contributed by atoms with Crippen LogP contribution in [0.2, 0.25) is 0 Å². The summed E-state index contributed by atoms with van der Waals surface area (Å²) in [5.41, 5.74) is 4.64. The van der Waals surface area contributed by atoms with Crippen LogP contribution in [0.4, 0.5) is 0 Å². The van der Waals surface area contributed by atoms with Crippen LogP contribution in [0.5, 0.6) is 5.88 Å². The summed E-state index contributed by atoms with van der Waals surface area (Å²) in [6, 6.07) is 15.7. The summed E-state index contributed by atoms with van der Waals surface area (Å²) in [4.78, 5) is 28.5. The largest absolute Gasteiger partial charge is 0.481 e. The maximum Gasteiger partial charge on any atom is 0.287 e. The number of carbonyl (C=O) groups is 1. The number of pyridine rings is 2. The van der Waals surface area contributed by atoms with Crippen molar-refractivity contribution in [1.29, 1.82) is 0 Å². The predicted molar refractivity (Wildman–Crippen MR) is 125 cm³/mol. The third-order valence-corrected chi connectivity index (χ3v) is 5.22. The van der Waals surface area contributed by atoms with Crippen LogP contribution in [0.25, 0.3) is 33.5 Å². The Morgan fingerprint density at radius 3 is 2.59 bits per heavy atom. The Kier molecular flexibility index (Phi) is 6.13. The van der Waals surface area contributed by atoms with Gasteiger partial charge in [-0.25, -0.2) is 15.0 Å². The number of nitrogens with one attached hydrogen (secondary N) is 1. The van der Waals surface area contributed by atoms with Crippen LogP contribution in [0.3, 0.4) is 0 Å². The number of amides is 1. The summed E-state index contributed by atoms with van der Waals surface area (Å²) in [7, 11) is 7.35. The summed E-state index contributed by atoms with van der Waals surface area (Å²) in [5.74, 6) is 0.601. The first-order chi connectivity index (χ1) is 15.5. The molecule has 1 N–H and O–H groups in total. The molecule has 4 rings (SSSR count). The molecule has 0 aliphatic rings. The van der Waals surface area contributed by atoms with E-state index in [9.17, 15) is 4.79 Å². The fourth-order valence-corrected chi connectivity index (χ4v) is 3.57. The Morgan fingerprint density at radius 2 is 1.88 bits per heavy atom. The van der Waals surface area contributed by atoms with Gasteiger partial charge < -0.3 is 19.5 Å². The van der Waals surface area contributed by atoms with Crippen molar-refractivity contribution in [1.82, 2.24) is 29.7 Å². The maximum absolute atomic E-state index is 12.8. The number of methoxy groups -OCH3 is 1. The molecule has 164 valence electrons. The zero-order chi connectivity index (χ0) is 22.7. The first-order valence-electron chi connectivity index (χ1n) is 10.3. The smallest absolute Gasteiger partial charge is 0.287 e. The number of aromatic nitrogens is 4. The molecular weight excluding hydrogens is 404 g/mol. The second-order valence-electron chi connectivity index (χ2n) is 7.71. The number of rotatable bonds is 7. The second kappa shape index (κ2) is 9.15. The minimum absolute atomic E-state index is 0.228. The number of benzene rings is 1. The number of nitrogens with zero attached hydrogens (tertiary/aromatic N) is 5. The molecule has 0 saturated carbocycles. The summed E-state index contributed by atoms with van der Waals surface area (Å²) in [6.45, 7) is 1.28. The summed E-state index contributed by atoms with van der Waals surface area (Å²) < 4.78 is 7.28. The Bertz CT molecular complexity index is 1250. The van der Waals surface area contributed by atoms with Gasteiger partial charge in [-0.05, 0) is 32.3 Å². The fourth-order valence-electron chi connectivity index (χ4n) is 3.57. The highest BCUT2D eigenvalue weighted by Gasteiger charge is 2.21. The van der Waals surface area contributed by atoms with Crippen LogP contribution in [0.1, 0.15) is 10.6 Å². The third-order valence-electron chi connectivity index (χ3n) is 5.22. The molecule has 3 heterocycles. The van der Waals surface area contributed by atoms with Gasteiger partial charge in [-0.2, -0.15) is 0 Å². The van der Waals surface area contributed by atoms with Gasteiger partial charge in [-0.3, -0.25) is 4.79 Å². The Balaban J connectivity index is 1.86. The van der Waals surface area contributed by atoms with E-state index in [1.165, 1.54) is 0 Å². The molecule has 0 atom stereocenters. The van der Waals surface area contributed by atoms with Crippen molar-refractivity contribution in [2.24, 2.45) is 7.05 Å². The van der Waals surface area contributed by atoms with Crippen LogP contribution >= 0.6 is 0 Å². The predicted octanol–water partition coefficient (Wildman–Crippen LogP) is 3.00. The van der Waals surface area contributed by atoms with Crippen molar-refractivity contribution in [3.05, 3.63) is 60.6 Å². The van der Waals surface area contributed by atoms with Gasteiger partial charge >= 0.3 is 0 Å². The molecule has 1 aromatic carbocycles. The molecule has 0 saturated heterocycles. The maximum atomic E-state index is 12.8. The molecule has 0 radical (unpaired) electrons. The fraction of sp³-hybridized carbons (Fsp3) is 0.250. The minimum atomic E-state index is -0.228. The Hall–Kier alpha value is -3.78. The van der Waals surface area contributed by atoms with Crippen LogP contribution < -0.4 is 10.1 Å². The normalized spacial score (nSPS) is 11.2. The molecule has 32 heavy (non-hydrogen) atoms. The molecule has 0 spiro atoms. The Morgan fingerprint density at radius 1 is 1.09 bits per heavy atom. The zero-order valence-electron chi connectivity index (χ0n) is 18.7. The quantitative estimate of drug-likeness (QED) is 0.485. The number of aryl methyl sites for hydroxylation is 1. The van der Waals surface area contributed by atoms with Crippen molar-refractivity contribution >= 4 is 17.1 Å². The number of imidazole rings is 1. The summed E-state index contributed by atoms with van der Waals surface area (Å²) in [5, 5.41) is 2.92. The third kappa shape index (κ3) is 4.17. The van der Waals surface area contributed by atoms with E-state index in [4.69, 9.17) is 9.72 Å². The lowest BCUT2D eigenvalue weighted by molar-refractivity contribution is 0.0938. The molecule has 0 fully saturated rings. The van der Waals surface area contributed by atoms with Crippen LogP contribution in [0.15, 0.2) is 54.7 Å². The van der Waals surface area contributed by atoms with Gasteiger partial charge in [0.05, 0.1) is 18.3 Å². The van der Waals surface area contributed by atoms with E-state index in [0.29, 0.717) is 23.9 Å². The number of fused-ring (bicyclic) bond motifs is 1. The van der Waals surface area contributed by atoms with E-state index in [0.717, 1.165) is 34.4 Å². The van der Waals surface area contributed by atoms with Gasteiger partial charge in [0.25, 0.3) is 5.91 Å². The zero-order valence-corrected chi connectivity index (χ0v) is 18.7. The van der Waals surface area contributed by atoms with Crippen molar-refractivity contribution in [2.45, 2.75) is 0 Å². The average molecular weight is 431 g/mol. The molecule has 0 aliphatic heterocycles. The topological polar surface area (TPSA) is 85.2 Å². The van der Waals surface area contributed by atoms with Crippen molar-refractivity contribution in [3.63, 3.8) is 0 Å². The molecular formula is C24H26N6O2. The van der Waals surface area contributed by atoms with Crippen molar-refractivity contribution in [2.75, 3.05) is 34.3 Å². The van der Waals surface area contributed by atoms with Gasteiger partial charge in [0.15, 0.2) is 5.65 Å². The monoisotopic (exact) mass is 430 g/mol. The Labute approximate surface area is 186 Å². The lowest BCUT2D eigenvalue weighted by Gasteiger charge is -2.12. The number of hydrogen-bond acceptors (Lipinski definition) is 6.